The van der Waals surface area contributed by atoms with E-state index in [9.17, 15) is 0 Å². The van der Waals surface area contributed by atoms with Crippen LogP contribution in [0, 0.1) is 0 Å². The van der Waals surface area contributed by atoms with Crippen molar-refractivity contribution in [1.29, 1.82) is 0 Å². The maximum absolute atomic E-state index is 5.27. The lowest BCUT2D eigenvalue weighted by Gasteiger charge is -2.31. The minimum atomic E-state index is 0.834. The molecule has 2 heteroatoms. The predicted molar refractivity (Wildman–Crippen MR) is 46.2 cm³/mol. The lowest BCUT2D eigenvalue weighted by atomic mass is 10.0. The van der Waals surface area contributed by atoms with Gasteiger partial charge < -0.3 is 4.90 Å². The maximum Gasteiger partial charge on any atom is 0.0781 e. The Kier molecular flexibility index (Phi) is 1.65. The molecule has 0 aliphatic carbocycles. The molecule has 0 N–H and O–H groups in total. The van der Waals surface area contributed by atoms with Crippen molar-refractivity contribution in [3.8, 4) is 0 Å². The molecule has 1 atom stereocenters. The van der Waals surface area contributed by atoms with Gasteiger partial charge in [0.2, 0.25) is 0 Å². The van der Waals surface area contributed by atoms with Gasteiger partial charge in [0.1, 0.15) is 0 Å². The normalized spacial score (nSPS) is 32.6. The van der Waals surface area contributed by atoms with Gasteiger partial charge in [-0.1, -0.05) is 12.2 Å². The SMILES string of the molecule is S=C1CCC[C@@H]2CCCN12. The Bertz CT molecular complexity index is 155. The van der Waals surface area contributed by atoms with Gasteiger partial charge >= 0.3 is 0 Å². The van der Waals surface area contributed by atoms with E-state index in [2.05, 4.69) is 4.90 Å². The van der Waals surface area contributed by atoms with E-state index in [1.165, 1.54) is 43.6 Å². The van der Waals surface area contributed by atoms with Crippen LogP contribution >= 0.6 is 12.2 Å². The van der Waals surface area contributed by atoms with Gasteiger partial charge in [-0.15, -0.1) is 0 Å². The Morgan fingerprint density at radius 1 is 1.30 bits per heavy atom. The summed E-state index contributed by atoms with van der Waals surface area (Å²) in [6.07, 6.45) is 6.65. The lowest BCUT2D eigenvalue weighted by Crippen LogP contribution is -2.37. The minimum absolute atomic E-state index is 0.834. The van der Waals surface area contributed by atoms with Crippen LogP contribution in [0.1, 0.15) is 32.1 Å². The molecule has 2 rings (SSSR count). The van der Waals surface area contributed by atoms with Gasteiger partial charge in [0.15, 0.2) is 0 Å². The smallest absolute Gasteiger partial charge is 0.0781 e. The predicted octanol–water partition coefficient (Wildman–Crippen LogP) is 1.96. The van der Waals surface area contributed by atoms with Gasteiger partial charge in [0, 0.05) is 12.6 Å². The Labute approximate surface area is 67.4 Å². The molecular weight excluding hydrogens is 142 g/mol. The first-order valence-corrected chi connectivity index (χ1v) is 4.58. The van der Waals surface area contributed by atoms with Crippen LogP contribution in [0.5, 0.6) is 0 Å². The fraction of sp³-hybridized carbons (Fsp3) is 0.875. The molecule has 2 fully saturated rings. The van der Waals surface area contributed by atoms with Gasteiger partial charge in [0.05, 0.1) is 4.99 Å². The summed E-state index contributed by atoms with van der Waals surface area (Å²) >= 11 is 5.27. The molecule has 0 bridgehead atoms. The quantitative estimate of drug-likeness (QED) is 0.492. The number of hydrogen-bond donors (Lipinski definition) is 0. The van der Waals surface area contributed by atoms with E-state index in [-0.39, 0.29) is 0 Å². The van der Waals surface area contributed by atoms with Crippen molar-refractivity contribution in [2.75, 3.05) is 6.54 Å². The van der Waals surface area contributed by atoms with E-state index in [0.29, 0.717) is 0 Å². The maximum atomic E-state index is 5.27. The van der Waals surface area contributed by atoms with Crippen molar-refractivity contribution in [3.05, 3.63) is 0 Å². The zero-order valence-electron chi connectivity index (χ0n) is 6.18. The van der Waals surface area contributed by atoms with Crippen LogP contribution in [0.3, 0.4) is 0 Å². The fourth-order valence-electron chi connectivity index (χ4n) is 2.10. The fourth-order valence-corrected chi connectivity index (χ4v) is 2.48. The highest BCUT2D eigenvalue weighted by atomic mass is 32.1. The highest BCUT2D eigenvalue weighted by molar-refractivity contribution is 7.80. The van der Waals surface area contributed by atoms with Gasteiger partial charge in [-0.05, 0) is 32.1 Å². The standard InChI is InChI=1S/C8H13NS/c10-8-5-1-3-7-4-2-6-9(7)8/h7H,1-6H2/t7-/m1/s1. The number of fused-ring (bicyclic) bond motifs is 1. The molecule has 10 heavy (non-hydrogen) atoms. The highest BCUT2D eigenvalue weighted by Crippen LogP contribution is 2.27. The average Bonchev–Trinajstić information content (AvgIpc) is 2.36. The number of piperidine rings is 1. The Hall–Kier alpha value is -0.110. The molecule has 0 spiro atoms. The molecule has 0 aromatic heterocycles. The first-order valence-electron chi connectivity index (χ1n) is 4.17. The minimum Gasteiger partial charge on any atom is -0.363 e. The van der Waals surface area contributed by atoms with Crippen LogP contribution in [-0.2, 0) is 0 Å². The van der Waals surface area contributed by atoms with E-state index in [1.54, 1.807) is 0 Å². The third-order valence-corrected chi connectivity index (χ3v) is 3.06. The van der Waals surface area contributed by atoms with Gasteiger partial charge in [-0.25, -0.2) is 0 Å². The van der Waals surface area contributed by atoms with Gasteiger partial charge in [-0.2, -0.15) is 0 Å². The number of nitrogens with zero attached hydrogens (tertiary/aromatic N) is 1. The molecular formula is C8H13NS. The van der Waals surface area contributed by atoms with Crippen molar-refractivity contribution in [2.24, 2.45) is 0 Å². The van der Waals surface area contributed by atoms with Crippen molar-refractivity contribution >= 4 is 17.2 Å². The van der Waals surface area contributed by atoms with E-state index < -0.39 is 0 Å². The lowest BCUT2D eigenvalue weighted by molar-refractivity contribution is 0.335. The molecule has 2 aliphatic rings. The monoisotopic (exact) mass is 155 g/mol. The average molecular weight is 155 g/mol. The molecule has 1 nitrogen and oxygen atoms in total. The summed E-state index contributed by atoms with van der Waals surface area (Å²) < 4.78 is 0. The number of thiocarbonyl (C=S) groups is 1. The van der Waals surface area contributed by atoms with E-state index in [4.69, 9.17) is 12.2 Å². The summed E-state index contributed by atoms with van der Waals surface area (Å²) in [5.74, 6) is 0. The third-order valence-electron chi connectivity index (χ3n) is 2.63. The summed E-state index contributed by atoms with van der Waals surface area (Å²) in [7, 11) is 0. The van der Waals surface area contributed by atoms with Gasteiger partial charge in [-0.3, -0.25) is 0 Å². The van der Waals surface area contributed by atoms with E-state index >= 15 is 0 Å². The Morgan fingerprint density at radius 2 is 2.10 bits per heavy atom. The van der Waals surface area contributed by atoms with Crippen molar-refractivity contribution < 1.29 is 0 Å². The molecule has 0 aromatic carbocycles. The Balaban J connectivity index is 2.10. The van der Waals surface area contributed by atoms with Crippen LogP contribution < -0.4 is 0 Å². The summed E-state index contributed by atoms with van der Waals surface area (Å²) in [6, 6.07) is 0.834. The van der Waals surface area contributed by atoms with E-state index in [0.717, 1.165) is 6.04 Å². The van der Waals surface area contributed by atoms with Crippen LogP contribution in [0.2, 0.25) is 0 Å². The topological polar surface area (TPSA) is 3.24 Å². The molecule has 0 radical (unpaired) electrons. The first-order chi connectivity index (χ1) is 4.88. The molecule has 0 amide bonds. The Morgan fingerprint density at radius 3 is 2.90 bits per heavy atom. The first kappa shape index (κ1) is 6.59. The van der Waals surface area contributed by atoms with Crippen LogP contribution in [0.25, 0.3) is 0 Å². The van der Waals surface area contributed by atoms with Gasteiger partial charge in [0.25, 0.3) is 0 Å². The molecule has 0 saturated carbocycles. The molecule has 0 aromatic rings. The van der Waals surface area contributed by atoms with Crippen LogP contribution in [-0.4, -0.2) is 22.5 Å². The number of rotatable bonds is 0. The number of hydrogen-bond acceptors (Lipinski definition) is 1. The summed E-state index contributed by atoms with van der Waals surface area (Å²) in [5.41, 5.74) is 0. The second kappa shape index (κ2) is 2.50. The molecule has 2 saturated heterocycles. The van der Waals surface area contributed by atoms with Crippen molar-refractivity contribution in [3.63, 3.8) is 0 Å². The zero-order valence-corrected chi connectivity index (χ0v) is 6.99. The zero-order chi connectivity index (χ0) is 6.97. The summed E-state index contributed by atoms with van der Waals surface area (Å²) in [6.45, 7) is 1.24. The second-order valence-electron chi connectivity index (χ2n) is 3.28. The van der Waals surface area contributed by atoms with E-state index in [1.807, 2.05) is 0 Å². The van der Waals surface area contributed by atoms with Crippen molar-refractivity contribution in [1.82, 2.24) is 4.90 Å². The second-order valence-corrected chi connectivity index (χ2v) is 3.75. The molecule has 56 valence electrons. The van der Waals surface area contributed by atoms with Crippen molar-refractivity contribution in [2.45, 2.75) is 38.1 Å². The largest absolute Gasteiger partial charge is 0.363 e. The molecule has 0 unspecified atom stereocenters. The molecule has 2 aliphatic heterocycles. The van der Waals surface area contributed by atoms with Crippen LogP contribution in [0.15, 0.2) is 0 Å². The highest BCUT2D eigenvalue weighted by Gasteiger charge is 2.28. The summed E-state index contributed by atoms with van der Waals surface area (Å²) in [4.78, 5) is 3.67. The third kappa shape index (κ3) is 0.947. The van der Waals surface area contributed by atoms with Crippen LogP contribution in [0.4, 0.5) is 0 Å². The summed E-state index contributed by atoms with van der Waals surface area (Å²) in [5, 5.41) is 0. The molecule has 2 heterocycles.